The third-order valence-corrected chi connectivity index (χ3v) is 2.73. The molecule has 0 saturated carbocycles. The van der Waals surface area contributed by atoms with E-state index in [0.29, 0.717) is 30.8 Å². The lowest BCUT2D eigenvalue weighted by Gasteiger charge is -2.07. The largest absolute Gasteiger partial charge is 0.385 e. The minimum atomic E-state index is -0.350. The third kappa shape index (κ3) is 3.26. The maximum atomic E-state index is 13.7. The molecule has 0 aliphatic heterocycles. The molecule has 0 radical (unpaired) electrons. The van der Waals surface area contributed by atoms with E-state index in [-0.39, 0.29) is 11.4 Å². The first-order chi connectivity index (χ1) is 9.22. The predicted molar refractivity (Wildman–Crippen MR) is 70.4 cm³/mol. The van der Waals surface area contributed by atoms with Gasteiger partial charge in [0.1, 0.15) is 5.82 Å². The van der Waals surface area contributed by atoms with Crippen molar-refractivity contribution in [3.8, 4) is 11.3 Å². The van der Waals surface area contributed by atoms with Gasteiger partial charge in [0.05, 0.1) is 5.69 Å². The predicted octanol–water partition coefficient (Wildman–Crippen LogP) is 2.09. The number of aryl methyl sites for hydroxylation is 1. The zero-order valence-electron chi connectivity index (χ0n) is 10.7. The standard InChI is InChI=1S/C14H15FN2O2/c1-19-10-4-9-17-14(18)8-7-13(16-17)11-5-2-3-6-12(11)15/h2-3,5-8H,4,9-10H2,1H3. The number of halogens is 1. The first-order valence-electron chi connectivity index (χ1n) is 6.04. The van der Waals surface area contributed by atoms with E-state index < -0.39 is 0 Å². The summed E-state index contributed by atoms with van der Waals surface area (Å²) in [7, 11) is 1.60. The first-order valence-corrected chi connectivity index (χ1v) is 6.04. The van der Waals surface area contributed by atoms with Gasteiger partial charge in [-0.1, -0.05) is 12.1 Å². The van der Waals surface area contributed by atoms with Crippen molar-refractivity contribution in [3.63, 3.8) is 0 Å². The zero-order chi connectivity index (χ0) is 13.7. The van der Waals surface area contributed by atoms with E-state index in [1.165, 1.54) is 22.9 Å². The summed E-state index contributed by atoms with van der Waals surface area (Å²) in [6, 6.07) is 9.31. The fraction of sp³-hybridized carbons (Fsp3) is 0.286. The molecule has 0 aliphatic carbocycles. The Bertz CT molecular complexity index is 610. The molecular weight excluding hydrogens is 247 g/mol. The van der Waals surface area contributed by atoms with Crippen molar-refractivity contribution in [2.75, 3.05) is 13.7 Å². The maximum Gasteiger partial charge on any atom is 0.266 e. The SMILES string of the molecule is COCCCn1nc(-c2ccccc2F)ccc1=O. The molecule has 0 atom stereocenters. The van der Waals surface area contributed by atoms with Gasteiger partial charge in [0.15, 0.2) is 0 Å². The minimum Gasteiger partial charge on any atom is -0.385 e. The van der Waals surface area contributed by atoms with Gasteiger partial charge >= 0.3 is 0 Å². The van der Waals surface area contributed by atoms with Gasteiger partial charge in [-0.15, -0.1) is 0 Å². The molecule has 0 N–H and O–H groups in total. The number of ether oxygens (including phenoxy) is 1. The van der Waals surface area contributed by atoms with Gasteiger partial charge in [-0.2, -0.15) is 5.10 Å². The highest BCUT2D eigenvalue weighted by Crippen LogP contribution is 2.18. The van der Waals surface area contributed by atoms with Crippen LogP contribution in [0.15, 0.2) is 41.2 Å². The summed E-state index contributed by atoms with van der Waals surface area (Å²) < 4.78 is 19.9. The normalized spacial score (nSPS) is 10.6. The number of aromatic nitrogens is 2. The number of hydrogen-bond acceptors (Lipinski definition) is 3. The number of methoxy groups -OCH3 is 1. The quantitative estimate of drug-likeness (QED) is 0.775. The molecule has 2 rings (SSSR count). The van der Waals surface area contributed by atoms with E-state index >= 15 is 0 Å². The van der Waals surface area contributed by atoms with Gasteiger partial charge in [-0.25, -0.2) is 9.07 Å². The minimum absolute atomic E-state index is 0.198. The average molecular weight is 262 g/mol. The Hall–Kier alpha value is -2.01. The molecule has 1 heterocycles. The van der Waals surface area contributed by atoms with Gasteiger partial charge < -0.3 is 4.74 Å². The Morgan fingerprint density at radius 1 is 1.26 bits per heavy atom. The van der Waals surface area contributed by atoms with Gasteiger partial charge in [-0.3, -0.25) is 4.79 Å². The summed E-state index contributed by atoms with van der Waals surface area (Å²) in [6.07, 6.45) is 0.685. The van der Waals surface area contributed by atoms with Crippen LogP contribution in [0.5, 0.6) is 0 Å². The smallest absolute Gasteiger partial charge is 0.266 e. The fourth-order valence-corrected chi connectivity index (χ4v) is 1.78. The second-order valence-corrected chi connectivity index (χ2v) is 4.11. The van der Waals surface area contributed by atoms with Crippen LogP contribution in [0.2, 0.25) is 0 Å². The monoisotopic (exact) mass is 262 g/mol. The summed E-state index contributed by atoms with van der Waals surface area (Å²) in [5.74, 6) is -0.350. The summed E-state index contributed by atoms with van der Waals surface area (Å²) in [6.45, 7) is 1.01. The molecule has 0 bridgehead atoms. The van der Waals surface area contributed by atoms with Crippen LogP contribution in [-0.2, 0) is 11.3 Å². The molecule has 100 valence electrons. The summed E-state index contributed by atoms with van der Waals surface area (Å²) in [5, 5.41) is 4.18. The van der Waals surface area contributed by atoms with E-state index in [0.717, 1.165) is 0 Å². The van der Waals surface area contributed by atoms with Crippen molar-refractivity contribution in [1.82, 2.24) is 9.78 Å². The number of rotatable bonds is 5. The molecule has 5 heteroatoms. The van der Waals surface area contributed by atoms with Crippen molar-refractivity contribution in [2.45, 2.75) is 13.0 Å². The van der Waals surface area contributed by atoms with Gasteiger partial charge in [-0.05, 0) is 24.6 Å². The molecule has 19 heavy (non-hydrogen) atoms. The molecule has 4 nitrogen and oxygen atoms in total. The molecular formula is C14H15FN2O2. The number of nitrogens with zero attached hydrogens (tertiary/aromatic N) is 2. The number of benzene rings is 1. The lowest BCUT2D eigenvalue weighted by Crippen LogP contribution is -2.23. The van der Waals surface area contributed by atoms with Crippen molar-refractivity contribution >= 4 is 0 Å². The lowest BCUT2D eigenvalue weighted by atomic mass is 10.1. The highest BCUT2D eigenvalue weighted by Gasteiger charge is 2.07. The fourth-order valence-electron chi connectivity index (χ4n) is 1.78. The van der Waals surface area contributed by atoms with Crippen molar-refractivity contribution in [2.24, 2.45) is 0 Å². The Morgan fingerprint density at radius 3 is 2.79 bits per heavy atom. The van der Waals surface area contributed by atoms with Crippen LogP contribution >= 0.6 is 0 Å². The topological polar surface area (TPSA) is 44.1 Å². The second kappa shape index (κ2) is 6.24. The summed E-state index contributed by atoms with van der Waals surface area (Å²) >= 11 is 0. The highest BCUT2D eigenvalue weighted by molar-refractivity contribution is 5.58. The molecule has 1 aromatic heterocycles. The average Bonchev–Trinajstić information content (AvgIpc) is 2.42. The van der Waals surface area contributed by atoms with Gasteiger partial charge in [0.25, 0.3) is 5.56 Å². The zero-order valence-corrected chi connectivity index (χ0v) is 10.7. The van der Waals surface area contributed by atoms with E-state index in [1.807, 2.05) is 0 Å². The van der Waals surface area contributed by atoms with Gasteiger partial charge in [0.2, 0.25) is 0 Å². The molecule has 0 saturated heterocycles. The van der Waals surface area contributed by atoms with Crippen molar-refractivity contribution in [1.29, 1.82) is 0 Å². The molecule has 0 fully saturated rings. The van der Waals surface area contributed by atoms with Crippen LogP contribution < -0.4 is 5.56 Å². The Morgan fingerprint density at radius 2 is 2.05 bits per heavy atom. The maximum absolute atomic E-state index is 13.7. The number of hydrogen-bond donors (Lipinski definition) is 0. The lowest BCUT2D eigenvalue weighted by molar-refractivity contribution is 0.188. The van der Waals surface area contributed by atoms with Crippen LogP contribution in [-0.4, -0.2) is 23.5 Å². The van der Waals surface area contributed by atoms with E-state index in [9.17, 15) is 9.18 Å². The first kappa shape index (κ1) is 13.4. The van der Waals surface area contributed by atoms with Crippen molar-refractivity contribution in [3.05, 3.63) is 52.6 Å². The molecule has 0 aliphatic rings. The van der Waals surface area contributed by atoms with Crippen LogP contribution in [0.3, 0.4) is 0 Å². The molecule has 1 aromatic carbocycles. The molecule has 2 aromatic rings. The summed E-state index contributed by atoms with van der Waals surface area (Å²) in [5.41, 5.74) is 0.648. The van der Waals surface area contributed by atoms with Crippen LogP contribution in [0.25, 0.3) is 11.3 Å². The molecule has 0 unspecified atom stereocenters. The van der Waals surface area contributed by atoms with Crippen molar-refractivity contribution < 1.29 is 9.13 Å². The Labute approximate surface area is 110 Å². The van der Waals surface area contributed by atoms with E-state index in [2.05, 4.69) is 5.10 Å². The Kier molecular flexibility index (Phi) is 4.41. The highest BCUT2D eigenvalue weighted by atomic mass is 19.1. The molecule has 0 amide bonds. The van der Waals surface area contributed by atoms with Crippen LogP contribution in [0, 0.1) is 5.82 Å². The van der Waals surface area contributed by atoms with E-state index in [4.69, 9.17) is 4.74 Å². The Balaban J connectivity index is 2.31. The van der Waals surface area contributed by atoms with Crippen LogP contribution in [0.1, 0.15) is 6.42 Å². The van der Waals surface area contributed by atoms with Gasteiger partial charge in [0, 0.05) is 31.9 Å². The molecule has 0 spiro atoms. The third-order valence-electron chi connectivity index (χ3n) is 2.73. The van der Waals surface area contributed by atoms with Crippen LogP contribution in [0.4, 0.5) is 4.39 Å². The second-order valence-electron chi connectivity index (χ2n) is 4.11. The summed E-state index contributed by atoms with van der Waals surface area (Å²) in [4.78, 5) is 11.6. The van der Waals surface area contributed by atoms with E-state index in [1.54, 1.807) is 25.3 Å².